The van der Waals surface area contributed by atoms with Crippen LogP contribution in [0.1, 0.15) is 55.4 Å². The van der Waals surface area contributed by atoms with Crippen LogP contribution in [0, 0.1) is 12.7 Å². The van der Waals surface area contributed by atoms with Gasteiger partial charge in [0.15, 0.2) is 0 Å². The summed E-state index contributed by atoms with van der Waals surface area (Å²) in [5.74, 6) is -1.28. The van der Waals surface area contributed by atoms with Gasteiger partial charge >= 0.3 is 5.97 Å². The number of rotatable bonds is 8. The second-order valence-electron chi connectivity index (χ2n) is 8.46. The lowest BCUT2D eigenvalue weighted by Gasteiger charge is -2.20. The molecule has 4 nitrogen and oxygen atoms in total. The van der Waals surface area contributed by atoms with Crippen molar-refractivity contribution in [2.45, 2.75) is 25.7 Å². The lowest BCUT2D eigenvalue weighted by molar-refractivity contribution is 0.0595. The first-order valence-electron chi connectivity index (χ1n) is 11.4. The summed E-state index contributed by atoms with van der Waals surface area (Å²) in [5.41, 5.74) is 6.27. The molecule has 3 aromatic carbocycles. The molecule has 1 atom stereocenters. The summed E-state index contributed by atoms with van der Waals surface area (Å²) in [7, 11) is 1.23. The van der Waals surface area contributed by atoms with E-state index in [1.54, 1.807) is 12.3 Å². The van der Waals surface area contributed by atoms with Crippen LogP contribution in [0.5, 0.6) is 0 Å². The van der Waals surface area contributed by atoms with Crippen molar-refractivity contribution < 1.29 is 18.7 Å². The fraction of sp³-hybridized carbons (Fsp3) is 0.167. The van der Waals surface area contributed by atoms with Gasteiger partial charge in [-0.1, -0.05) is 54.6 Å². The Morgan fingerprint density at radius 2 is 1.80 bits per heavy atom. The van der Waals surface area contributed by atoms with Gasteiger partial charge in [0.1, 0.15) is 12.1 Å². The number of ether oxygens (including phenoxy) is 1. The Morgan fingerprint density at radius 1 is 1.00 bits per heavy atom. The number of carbonyl (C=O) groups is 2. The first-order valence-corrected chi connectivity index (χ1v) is 11.4. The number of aryl methyl sites for hydroxylation is 2. The predicted octanol–water partition coefficient (Wildman–Crippen LogP) is 6.56. The summed E-state index contributed by atoms with van der Waals surface area (Å²) < 4.78 is 19.1. The highest BCUT2D eigenvalue weighted by atomic mass is 19.1. The number of halogens is 1. The molecule has 0 spiro atoms. The molecule has 5 heteroatoms. The van der Waals surface area contributed by atoms with Gasteiger partial charge in [0.05, 0.1) is 12.7 Å². The van der Waals surface area contributed by atoms with E-state index in [0.29, 0.717) is 11.1 Å². The maximum atomic E-state index is 14.5. The second kappa shape index (κ2) is 10.9. The molecule has 4 aromatic rings. The number of hydrogen-bond donors (Lipinski definition) is 0. The third-order valence-electron chi connectivity index (χ3n) is 6.18. The summed E-state index contributed by atoms with van der Waals surface area (Å²) in [5, 5.41) is 0. The molecule has 4 rings (SSSR count). The molecule has 0 aliphatic rings. The molecular formula is C30H26FNO3. The van der Waals surface area contributed by atoms with Crippen LogP contribution in [0.25, 0.3) is 11.1 Å². The average molecular weight is 468 g/mol. The minimum Gasteiger partial charge on any atom is -0.465 e. The van der Waals surface area contributed by atoms with E-state index in [1.807, 2.05) is 61.5 Å². The average Bonchev–Trinajstić information content (AvgIpc) is 2.89. The molecule has 1 unspecified atom stereocenters. The van der Waals surface area contributed by atoms with Crippen LogP contribution in [0.2, 0.25) is 0 Å². The van der Waals surface area contributed by atoms with Gasteiger partial charge in [-0.2, -0.15) is 0 Å². The first kappa shape index (κ1) is 24.0. The van der Waals surface area contributed by atoms with Crippen molar-refractivity contribution in [1.82, 2.24) is 4.98 Å². The van der Waals surface area contributed by atoms with Gasteiger partial charge in [0.2, 0.25) is 0 Å². The molecule has 0 bridgehead atoms. The van der Waals surface area contributed by atoms with Crippen molar-refractivity contribution in [3.05, 3.63) is 124 Å². The topological polar surface area (TPSA) is 56.3 Å². The second-order valence-corrected chi connectivity index (χ2v) is 8.46. The number of pyridine rings is 1. The lowest BCUT2D eigenvalue weighted by atomic mass is 9.84. The van der Waals surface area contributed by atoms with Crippen molar-refractivity contribution in [2.75, 3.05) is 7.11 Å². The lowest BCUT2D eigenvalue weighted by Crippen LogP contribution is -2.07. The highest BCUT2D eigenvalue weighted by molar-refractivity contribution is 5.90. The molecule has 0 aliphatic carbocycles. The van der Waals surface area contributed by atoms with Gasteiger partial charge in [-0.25, -0.2) is 9.18 Å². The van der Waals surface area contributed by atoms with E-state index >= 15 is 0 Å². The molecule has 176 valence electrons. The molecule has 0 radical (unpaired) electrons. The van der Waals surface area contributed by atoms with Gasteiger partial charge in [0, 0.05) is 23.4 Å². The van der Waals surface area contributed by atoms with Gasteiger partial charge in [0.25, 0.3) is 0 Å². The number of benzene rings is 3. The SMILES string of the molecule is COC(=O)c1ccc(-c2cccc(CCC(c3ccnc(C)c3)c3ccccc3C=O)c2)cc1F. The van der Waals surface area contributed by atoms with Crippen molar-refractivity contribution >= 4 is 12.3 Å². The smallest absolute Gasteiger partial charge is 0.340 e. The summed E-state index contributed by atoms with van der Waals surface area (Å²) in [6, 6.07) is 24.2. The predicted molar refractivity (Wildman–Crippen MR) is 134 cm³/mol. The maximum absolute atomic E-state index is 14.5. The molecule has 0 amide bonds. The third-order valence-corrected chi connectivity index (χ3v) is 6.18. The van der Waals surface area contributed by atoms with Crippen LogP contribution in [-0.2, 0) is 11.2 Å². The van der Waals surface area contributed by atoms with Gasteiger partial charge in [-0.05, 0) is 71.8 Å². The Kier molecular flexibility index (Phi) is 7.46. The maximum Gasteiger partial charge on any atom is 0.340 e. The molecule has 1 heterocycles. The molecule has 0 fully saturated rings. The van der Waals surface area contributed by atoms with Crippen molar-refractivity contribution in [3.63, 3.8) is 0 Å². The van der Waals surface area contributed by atoms with Crippen LogP contribution in [-0.4, -0.2) is 24.3 Å². The normalized spacial score (nSPS) is 11.6. The van der Waals surface area contributed by atoms with E-state index in [0.717, 1.165) is 47.1 Å². The van der Waals surface area contributed by atoms with Crippen LogP contribution in [0.3, 0.4) is 0 Å². The van der Waals surface area contributed by atoms with Gasteiger partial charge < -0.3 is 4.74 Å². The highest BCUT2D eigenvalue weighted by Gasteiger charge is 2.18. The largest absolute Gasteiger partial charge is 0.465 e. The summed E-state index contributed by atoms with van der Waals surface area (Å²) in [6.07, 6.45) is 4.25. The Labute approximate surface area is 204 Å². The molecule has 0 aliphatic heterocycles. The van der Waals surface area contributed by atoms with Gasteiger partial charge in [-0.3, -0.25) is 9.78 Å². The zero-order chi connectivity index (χ0) is 24.8. The Morgan fingerprint density at radius 3 is 2.54 bits per heavy atom. The number of nitrogens with zero attached hydrogens (tertiary/aromatic N) is 1. The zero-order valence-corrected chi connectivity index (χ0v) is 19.7. The first-order chi connectivity index (χ1) is 17.0. The van der Waals surface area contributed by atoms with E-state index in [4.69, 9.17) is 0 Å². The van der Waals surface area contributed by atoms with Crippen molar-refractivity contribution in [3.8, 4) is 11.1 Å². The number of carbonyl (C=O) groups excluding carboxylic acids is 2. The van der Waals surface area contributed by atoms with E-state index in [1.165, 1.54) is 19.2 Å². The molecule has 1 aromatic heterocycles. The minimum absolute atomic E-state index is 0.0264. The number of hydrogen-bond acceptors (Lipinski definition) is 4. The Bertz CT molecular complexity index is 1370. The van der Waals surface area contributed by atoms with E-state index in [9.17, 15) is 14.0 Å². The van der Waals surface area contributed by atoms with Crippen LogP contribution in [0.15, 0.2) is 85.1 Å². The van der Waals surface area contributed by atoms with Crippen LogP contribution in [0.4, 0.5) is 4.39 Å². The van der Waals surface area contributed by atoms with Crippen LogP contribution < -0.4 is 0 Å². The molecule has 0 saturated carbocycles. The van der Waals surface area contributed by atoms with Crippen LogP contribution >= 0.6 is 0 Å². The zero-order valence-electron chi connectivity index (χ0n) is 19.7. The quantitative estimate of drug-likeness (QED) is 0.218. The summed E-state index contributed by atoms with van der Waals surface area (Å²) >= 11 is 0. The fourth-order valence-corrected chi connectivity index (χ4v) is 4.41. The summed E-state index contributed by atoms with van der Waals surface area (Å²) in [4.78, 5) is 27.8. The molecule has 35 heavy (non-hydrogen) atoms. The third kappa shape index (κ3) is 5.52. The molecule has 0 saturated heterocycles. The van der Waals surface area contributed by atoms with Gasteiger partial charge in [-0.15, -0.1) is 0 Å². The minimum atomic E-state index is -0.698. The summed E-state index contributed by atoms with van der Waals surface area (Å²) in [6.45, 7) is 1.96. The number of methoxy groups -OCH3 is 1. The number of esters is 1. The Balaban J connectivity index is 1.62. The van der Waals surface area contributed by atoms with Crippen molar-refractivity contribution in [2.24, 2.45) is 0 Å². The standard InChI is InChI=1S/C30H26FNO3/c1-20-16-24(14-15-32-20)27(26-9-4-3-7-25(26)19-33)12-10-21-6-5-8-22(17-21)23-11-13-28(29(31)18-23)30(34)35-2/h3-9,11,13-19,27H,10,12H2,1-2H3. The molecule has 0 N–H and O–H groups in total. The van der Waals surface area contributed by atoms with Crippen molar-refractivity contribution in [1.29, 1.82) is 0 Å². The fourth-order valence-electron chi connectivity index (χ4n) is 4.41. The molecular weight excluding hydrogens is 441 g/mol. The van der Waals surface area contributed by atoms with E-state index in [2.05, 4.69) is 15.8 Å². The number of aromatic nitrogens is 1. The van der Waals surface area contributed by atoms with E-state index in [-0.39, 0.29) is 11.5 Å². The Hall–Kier alpha value is -4.12. The highest BCUT2D eigenvalue weighted by Crippen LogP contribution is 2.32. The van der Waals surface area contributed by atoms with E-state index < -0.39 is 11.8 Å². The monoisotopic (exact) mass is 467 g/mol. The number of aldehydes is 1.